The number of quaternary nitrogens is 1. The molecule has 0 bridgehead atoms. The van der Waals surface area contributed by atoms with E-state index >= 15 is 0 Å². The number of methoxy groups -OCH3 is 1. The maximum absolute atomic E-state index is 5.14. The van der Waals surface area contributed by atoms with Crippen LogP contribution in [0.2, 0.25) is 0 Å². The summed E-state index contributed by atoms with van der Waals surface area (Å²) in [5.41, 5.74) is 3.76. The Morgan fingerprint density at radius 3 is 2.80 bits per heavy atom. The molecule has 1 fully saturated rings. The van der Waals surface area contributed by atoms with Gasteiger partial charge in [0.1, 0.15) is 0 Å². The highest BCUT2D eigenvalue weighted by Gasteiger charge is 2.27. The molecule has 1 aliphatic rings. The van der Waals surface area contributed by atoms with Gasteiger partial charge in [-0.25, -0.2) is 0 Å². The predicted molar refractivity (Wildman–Crippen MR) is 39.6 cm³/mol. The summed E-state index contributed by atoms with van der Waals surface area (Å²) >= 11 is 0. The van der Waals surface area contributed by atoms with Crippen molar-refractivity contribution in [2.75, 3.05) is 20.2 Å². The van der Waals surface area contributed by atoms with Crippen LogP contribution in [0.3, 0.4) is 0 Å². The van der Waals surface area contributed by atoms with E-state index in [1.54, 1.807) is 7.11 Å². The molecule has 0 spiro atoms. The third-order valence-electron chi connectivity index (χ3n) is 2.04. The summed E-state index contributed by atoms with van der Waals surface area (Å²) in [6, 6.07) is 0.701. The van der Waals surface area contributed by atoms with Crippen LogP contribution in [0.4, 0.5) is 0 Å². The predicted octanol–water partition coefficient (Wildman–Crippen LogP) is -1.00. The van der Waals surface area contributed by atoms with Gasteiger partial charge in [0.2, 0.25) is 0 Å². The topological polar surface area (TPSA) is 48.9 Å². The highest BCUT2D eigenvalue weighted by Crippen LogP contribution is 2.21. The van der Waals surface area contributed by atoms with Crippen molar-refractivity contribution in [2.45, 2.75) is 25.0 Å². The van der Waals surface area contributed by atoms with Gasteiger partial charge in [0.15, 0.2) is 0 Å². The molecule has 0 aromatic heterocycles. The smallest absolute Gasteiger partial charge is 0.0866 e. The Morgan fingerprint density at radius 2 is 2.30 bits per heavy atom. The summed E-state index contributed by atoms with van der Waals surface area (Å²) in [5.74, 6) is 0. The van der Waals surface area contributed by atoms with Gasteiger partial charge in [-0.3, -0.25) is 0 Å². The van der Waals surface area contributed by atoms with Gasteiger partial charge in [-0.15, -0.1) is 0 Å². The second-order valence-corrected chi connectivity index (χ2v) is 2.83. The SMILES string of the molecule is COC1CC(NCC[NH3+])C1. The summed E-state index contributed by atoms with van der Waals surface area (Å²) in [7, 11) is 1.78. The van der Waals surface area contributed by atoms with Gasteiger partial charge in [0.05, 0.1) is 12.6 Å². The van der Waals surface area contributed by atoms with Gasteiger partial charge >= 0.3 is 0 Å². The lowest BCUT2D eigenvalue weighted by Gasteiger charge is -2.34. The van der Waals surface area contributed by atoms with Crippen LogP contribution >= 0.6 is 0 Å². The minimum atomic E-state index is 0.516. The highest BCUT2D eigenvalue weighted by molar-refractivity contribution is 4.85. The molecule has 60 valence electrons. The first-order valence-corrected chi connectivity index (χ1v) is 3.92. The van der Waals surface area contributed by atoms with E-state index < -0.39 is 0 Å². The molecule has 3 heteroatoms. The van der Waals surface area contributed by atoms with Gasteiger partial charge in [0.25, 0.3) is 0 Å². The summed E-state index contributed by atoms with van der Waals surface area (Å²) in [6.45, 7) is 2.02. The normalized spacial score (nSPS) is 31.8. The minimum Gasteiger partial charge on any atom is -0.381 e. The Bertz CT molecular complexity index is 88.9. The summed E-state index contributed by atoms with van der Waals surface area (Å²) < 4.78 is 5.14. The third-order valence-corrected chi connectivity index (χ3v) is 2.04. The van der Waals surface area contributed by atoms with Crippen LogP contribution in [0.15, 0.2) is 0 Å². The Labute approximate surface area is 61.9 Å². The molecule has 0 radical (unpaired) electrons. The molecule has 1 rings (SSSR count). The van der Waals surface area contributed by atoms with Gasteiger partial charge in [-0.1, -0.05) is 0 Å². The van der Waals surface area contributed by atoms with Crippen LogP contribution in [-0.4, -0.2) is 32.3 Å². The van der Waals surface area contributed by atoms with E-state index in [1.807, 2.05) is 0 Å². The second-order valence-electron chi connectivity index (χ2n) is 2.83. The highest BCUT2D eigenvalue weighted by atomic mass is 16.5. The maximum Gasteiger partial charge on any atom is 0.0866 e. The van der Waals surface area contributed by atoms with Crippen molar-refractivity contribution in [3.63, 3.8) is 0 Å². The molecule has 0 unspecified atom stereocenters. The molecule has 0 amide bonds. The fourth-order valence-corrected chi connectivity index (χ4v) is 1.23. The van der Waals surface area contributed by atoms with Crippen molar-refractivity contribution in [2.24, 2.45) is 0 Å². The molecule has 10 heavy (non-hydrogen) atoms. The third kappa shape index (κ3) is 1.94. The molecular formula is C7H17N2O+. The zero-order chi connectivity index (χ0) is 7.40. The fraction of sp³-hybridized carbons (Fsp3) is 1.00. The molecule has 0 heterocycles. The maximum atomic E-state index is 5.14. The van der Waals surface area contributed by atoms with Crippen molar-refractivity contribution in [1.82, 2.24) is 5.32 Å². The van der Waals surface area contributed by atoms with Crippen LogP contribution in [0.1, 0.15) is 12.8 Å². The molecule has 0 atom stereocenters. The molecule has 0 saturated heterocycles. The average Bonchev–Trinajstić information content (AvgIpc) is 1.86. The zero-order valence-electron chi connectivity index (χ0n) is 6.60. The quantitative estimate of drug-likeness (QED) is 0.533. The van der Waals surface area contributed by atoms with E-state index in [0.29, 0.717) is 12.1 Å². The van der Waals surface area contributed by atoms with E-state index in [1.165, 1.54) is 12.8 Å². The van der Waals surface area contributed by atoms with Crippen molar-refractivity contribution in [3.05, 3.63) is 0 Å². The molecule has 3 nitrogen and oxygen atoms in total. The van der Waals surface area contributed by atoms with Gasteiger partial charge in [-0.05, 0) is 12.8 Å². The number of ether oxygens (including phenoxy) is 1. The first kappa shape index (κ1) is 7.98. The lowest BCUT2D eigenvalue weighted by atomic mass is 9.89. The van der Waals surface area contributed by atoms with Crippen molar-refractivity contribution >= 4 is 0 Å². The standard InChI is InChI=1S/C7H16N2O/c1-10-7-4-6(5-7)9-3-2-8/h6-7,9H,2-5,8H2,1H3/p+1. The fourth-order valence-electron chi connectivity index (χ4n) is 1.23. The minimum absolute atomic E-state index is 0.516. The van der Waals surface area contributed by atoms with Gasteiger partial charge in [-0.2, -0.15) is 0 Å². The molecule has 0 aromatic carbocycles. The molecule has 0 aliphatic heterocycles. The Morgan fingerprint density at radius 1 is 1.60 bits per heavy atom. The number of nitrogens with one attached hydrogen (secondary N) is 1. The average molecular weight is 145 g/mol. The van der Waals surface area contributed by atoms with Gasteiger partial charge < -0.3 is 15.8 Å². The van der Waals surface area contributed by atoms with E-state index in [-0.39, 0.29) is 0 Å². The van der Waals surface area contributed by atoms with Crippen LogP contribution in [0.5, 0.6) is 0 Å². The molecule has 4 N–H and O–H groups in total. The van der Waals surface area contributed by atoms with E-state index in [0.717, 1.165) is 13.1 Å². The Balaban J connectivity index is 1.93. The van der Waals surface area contributed by atoms with Gasteiger partial charge in [0, 0.05) is 19.7 Å². The largest absolute Gasteiger partial charge is 0.381 e. The summed E-state index contributed by atoms with van der Waals surface area (Å²) in [5, 5.41) is 3.39. The Kier molecular flexibility index (Phi) is 3.12. The van der Waals surface area contributed by atoms with Crippen LogP contribution in [-0.2, 0) is 4.74 Å². The second kappa shape index (κ2) is 3.91. The van der Waals surface area contributed by atoms with Crippen molar-refractivity contribution in [1.29, 1.82) is 0 Å². The van der Waals surface area contributed by atoms with E-state index in [9.17, 15) is 0 Å². The monoisotopic (exact) mass is 145 g/mol. The zero-order valence-corrected chi connectivity index (χ0v) is 6.60. The summed E-state index contributed by atoms with van der Waals surface area (Å²) in [6.07, 6.45) is 2.87. The van der Waals surface area contributed by atoms with Crippen LogP contribution in [0.25, 0.3) is 0 Å². The van der Waals surface area contributed by atoms with Crippen LogP contribution in [0, 0.1) is 0 Å². The number of rotatable bonds is 4. The number of hydrogen-bond acceptors (Lipinski definition) is 2. The molecule has 1 aliphatic carbocycles. The Hall–Kier alpha value is -0.120. The lowest BCUT2D eigenvalue weighted by Crippen LogP contribution is -2.57. The van der Waals surface area contributed by atoms with Crippen LogP contribution < -0.4 is 11.1 Å². The molecule has 1 saturated carbocycles. The number of hydrogen-bond donors (Lipinski definition) is 2. The van der Waals surface area contributed by atoms with Crippen molar-refractivity contribution in [3.8, 4) is 0 Å². The summed E-state index contributed by atoms with van der Waals surface area (Å²) in [4.78, 5) is 0. The first-order chi connectivity index (χ1) is 4.86. The van der Waals surface area contributed by atoms with E-state index in [2.05, 4.69) is 11.1 Å². The molecular weight excluding hydrogens is 128 g/mol. The lowest BCUT2D eigenvalue weighted by molar-refractivity contribution is -0.365. The molecule has 0 aromatic rings. The van der Waals surface area contributed by atoms with Crippen molar-refractivity contribution < 1.29 is 10.5 Å². The first-order valence-electron chi connectivity index (χ1n) is 3.92. The van der Waals surface area contributed by atoms with E-state index in [4.69, 9.17) is 4.74 Å².